The zero-order valence-corrected chi connectivity index (χ0v) is 14.9. The Labute approximate surface area is 146 Å². The predicted molar refractivity (Wildman–Crippen MR) is 95.0 cm³/mol. The Hall–Kier alpha value is -1.37. The van der Waals surface area contributed by atoms with E-state index in [1.807, 2.05) is 6.26 Å². The summed E-state index contributed by atoms with van der Waals surface area (Å²) < 4.78 is 10.8. The quantitative estimate of drug-likeness (QED) is 0.591. The summed E-state index contributed by atoms with van der Waals surface area (Å²) in [6, 6.07) is 2.93. The molecule has 2 N–H and O–H groups in total. The number of halogens is 1. The van der Waals surface area contributed by atoms with Crippen molar-refractivity contribution in [2.75, 3.05) is 25.7 Å². The van der Waals surface area contributed by atoms with Crippen LogP contribution in [0.3, 0.4) is 0 Å². The Morgan fingerprint density at radius 1 is 1.57 bits per heavy atom. The highest BCUT2D eigenvalue weighted by Gasteiger charge is 2.17. The number of nitrogens with one attached hydrogen (secondary N) is 1. The number of methoxy groups -OCH3 is 1. The van der Waals surface area contributed by atoms with Gasteiger partial charge in [-0.2, -0.15) is 11.8 Å². The summed E-state index contributed by atoms with van der Waals surface area (Å²) in [5.41, 5.74) is 0.827. The number of benzene rings is 1. The Balaban J connectivity index is 2.82. The zero-order chi connectivity index (χ0) is 17.2. The van der Waals surface area contributed by atoms with Crippen LogP contribution in [0.1, 0.15) is 12.0 Å². The molecule has 0 aliphatic heterocycles. The van der Waals surface area contributed by atoms with Crippen LogP contribution in [0.15, 0.2) is 24.8 Å². The maximum absolute atomic E-state index is 11.2. The summed E-state index contributed by atoms with van der Waals surface area (Å²) in [6.07, 6.45) is 4.13. The summed E-state index contributed by atoms with van der Waals surface area (Å²) >= 11 is 7.84. The van der Waals surface area contributed by atoms with Crippen molar-refractivity contribution in [3.8, 4) is 11.5 Å². The molecule has 0 amide bonds. The molecule has 1 unspecified atom stereocenters. The van der Waals surface area contributed by atoms with Crippen molar-refractivity contribution in [3.05, 3.63) is 35.4 Å². The third-order valence-corrected chi connectivity index (χ3v) is 4.02. The van der Waals surface area contributed by atoms with E-state index in [0.717, 1.165) is 11.3 Å². The zero-order valence-electron chi connectivity index (χ0n) is 13.3. The Morgan fingerprint density at radius 2 is 2.30 bits per heavy atom. The van der Waals surface area contributed by atoms with Crippen molar-refractivity contribution in [1.82, 2.24) is 5.32 Å². The van der Waals surface area contributed by atoms with E-state index in [2.05, 4.69) is 11.9 Å². The monoisotopic (exact) mass is 359 g/mol. The standard InChI is InChI=1S/C16H22ClNO4S/c1-4-6-22-15-12(17)8-11(9-14(15)21-2)10-18-13(16(19)20)5-7-23-3/h4,8-9,13,18H,1,5-7,10H2,2-3H3,(H,19,20). The van der Waals surface area contributed by atoms with Crippen LogP contribution >= 0.6 is 23.4 Å². The van der Waals surface area contributed by atoms with Crippen LogP contribution in [0.4, 0.5) is 0 Å². The molecule has 0 saturated carbocycles. The highest BCUT2D eigenvalue weighted by atomic mass is 35.5. The van der Waals surface area contributed by atoms with E-state index in [1.165, 1.54) is 7.11 Å². The predicted octanol–water partition coefficient (Wildman–Crippen LogP) is 3.21. The highest BCUT2D eigenvalue weighted by Crippen LogP contribution is 2.36. The average Bonchev–Trinajstić information content (AvgIpc) is 2.53. The minimum Gasteiger partial charge on any atom is -0.493 e. The van der Waals surface area contributed by atoms with E-state index >= 15 is 0 Å². The van der Waals surface area contributed by atoms with Crippen LogP contribution in [0.2, 0.25) is 5.02 Å². The molecule has 128 valence electrons. The lowest BCUT2D eigenvalue weighted by Crippen LogP contribution is -2.36. The molecule has 1 aromatic rings. The van der Waals surface area contributed by atoms with Crippen LogP contribution in [-0.4, -0.2) is 42.8 Å². The minimum absolute atomic E-state index is 0.323. The Kier molecular flexibility index (Phi) is 8.91. The first-order valence-electron chi connectivity index (χ1n) is 7.08. The van der Waals surface area contributed by atoms with E-state index in [9.17, 15) is 9.90 Å². The molecule has 1 aromatic carbocycles. The van der Waals surface area contributed by atoms with Gasteiger partial charge in [0.05, 0.1) is 12.1 Å². The van der Waals surface area contributed by atoms with Crippen LogP contribution < -0.4 is 14.8 Å². The summed E-state index contributed by atoms with van der Waals surface area (Å²) in [5.74, 6) is 0.882. The molecule has 1 rings (SSSR count). The second-order valence-electron chi connectivity index (χ2n) is 4.76. The fraction of sp³-hybridized carbons (Fsp3) is 0.438. The second-order valence-corrected chi connectivity index (χ2v) is 6.15. The number of aliphatic carboxylic acids is 1. The molecule has 0 fully saturated rings. The molecular formula is C16H22ClNO4S. The second kappa shape index (κ2) is 10.4. The van der Waals surface area contributed by atoms with Gasteiger partial charge in [0.15, 0.2) is 11.5 Å². The van der Waals surface area contributed by atoms with Gasteiger partial charge in [-0.15, -0.1) is 0 Å². The lowest BCUT2D eigenvalue weighted by atomic mass is 10.1. The van der Waals surface area contributed by atoms with Gasteiger partial charge >= 0.3 is 5.97 Å². The first-order valence-corrected chi connectivity index (χ1v) is 8.85. The van der Waals surface area contributed by atoms with Crippen LogP contribution in [0.5, 0.6) is 11.5 Å². The number of hydrogen-bond donors (Lipinski definition) is 2. The third-order valence-electron chi connectivity index (χ3n) is 3.10. The lowest BCUT2D eigenvalue weighted by molar-refractivity contribution is -0.139. The van der Waals surface area contributed by atoms with Gasteiger partial charge in [0, 0.05) is 6.54 Å². The molecule has 0 saturated heterocycles. The number of ether oxygens (including phenoxy) is 2. The summed E-state index contributed by atoms with van der Waals surface area (Å²) in [4.78, 5) is 11.2. The number of carboxylic acids is 1. The average molecular weight is 360 g/mol. The topological polar surface area (TPSA) is 67.8 Å². The molecular weight excluding hydrogens is 338 g/mol. The van der Waals surface area contributed by atoms with Gasteiger partial charge < -0.3 is 19.9 Å². The molecule has 7 heteroatoms. The van der Waals surface area contributed by atoms with Crippen molar-refractivity contribution in [3.63, 3.8) is 0 Å². The molecule has 0 aliphatic carbocycles. The SMILES string of the molecule is C=CCOc1c(Cl)cc(CNC(CCSC)C(=O)O)cc1OC. The van der Waals surface area contributed by atoms with E-state index < -0.39 is 12.0 Å². The maximum Gasteiger partial charge on any atom is 0.320 e. The van der Waals surface area contributed by atoms with Crippen LogP contribution in [0, 0.1) is 0 Å². The Morgan fingerprint density at radius 3 is 2.87 bits per heavy atom. The summed E-state index contributed by atoms with van der Waals surface area (Å²) in [5, 5.41) is 12.7. The largest absolute Gasteiger partial charge is 0.493 e. The van der Waals surface area contributed by atoms with Gasteiger partial charge in [-0.3, -0.25) is 4.79 Å². The van der Waals surface area contributed by atoms with Crippen molar-refractivity contribution in [2.45, 2.75) is 19.0 Å². The van der Waals surface area contributed by atoms with Crippen LogP contribution in [0.25, 0.3) is 0 Å². The number of carboxylic acid groups (broad SMARTS) is 1. The van der Waals surface area contributed by atoms with Gasteiger partial charge in [0.25, 0.3) is 0 Å². The summed E-state index contributed by atoms with van der Waals surface area (Å²) in [6.45, 7) is 4.29. The van der Waals surface area contributed by atoms with Gasteiger partial charge in [0.2, 0.25) is 0 Å². The maximum atomic E-state index is 11.2. The van der Waals surface area contributed by atoms with Crippen molar-refractivity contribution < 1.29 is 19.4 Å². The number of thioether (sulfide) groups is 1. The van der Waals surface area contributed by atoms with Gasteiger partial charge in [-0.1, -0.05) is 24.3 Å². The fourth-order valence-electron chi connectivity index (χ4n) is 1.95. The summed E-state index contributed by atoms with van der Waals surface area (Å²) in [7, 11) is 1.53. The molecule has 0 aromatic heterocycles. The van der Waals surface area contributed by atoms with E-state index in [4.69, 9.17) is 21.1 Å². The first-order chi connectivity index (χ1) is 11.0. The molecule has 5 nitrogen and oxygen atoms in total. The van der Waals surface area contributed by atoms with Crippen molar-refractivity contribution in [2.24, 2.45) is 0 Å². The van der Waals surface area contributed by atoms with Gasteiger partial charge in [0.1, 0.15) is 12.6 Å². The Bertz CT molecular complexity index is 539. The van der Waals surface area contributed by atoms with Gasteiger partial charge in [-0.25, -0.2) is 0 Å². The molecule has 0 bridgehead atoms. The lowest BCUT2D eigenvalue weighted by Gasteiger charge is -2.16. The van der Waals surface area contributed by atoms with E-state index in [1.54, 1.807) is 30.0 Å². The number of hydrogen-bond acceptors (Lipinski definition) is 5. The normalized spacial score (nSPS) is 11.8. The smallest absolute Gasteiger partial charge is 0.320 e. The molecule has 0 radical (unpaired) electrons. The molecule has 0 aliphatic rings. The molecule has 23 heavy (non-hydrogen) atoms. The first kappa shape index (κ1) is 19.7. The third kappa shape index (κ3) is 6.33. The molecule has 1 atom stereocenters. The van der Waals surface area contributed by atoms with E-state index in [-0.39, 0.29) is 0 Å². The number of rotatable bonds is 11. The highest BCUT2D eigenvalue weighted by molar-refractivity contribution is 7.98. The van der Waals surface area contributed by atoms with Crippen molar-refractivity contribution in [1.29, 1.82) is 0 Å². The molecule has 0 spiro atoms. The number of carbonyl (C=O) groups is 1. The molecule has 0 heterocycles. The van der Waals surface area contributed by atoms with Crippen molar-refractivity contribution >= 4 is 29.3 Å². The van der Waals surface area contributed by atoms with Gasteiger partial charge in [-0.05, 0) is 36.1 Å². The minimum atomic E-state index is -0.858. The van der Waals surface area contributed by atoms with Crippen LogP contribution in [-0.2, 0) is 11.3 Å². The fourth-order valence-corrected chi connectivity index (χ4v) is 2.71. The van der Waals surface area contributed by atoms with E-state index in [0.29, 0.717) is 36.1 Å².